The van der Waals surface area contributed by atoms with Gasteiger partial charge in [-0.05, 0) is 40.2 Å². The second-order valence-corrected chi connectivity index (χ2v) is 5.14. The zero-order valence-corrected chi connectivity index (χ0v) is 13.0. The van der Waals surface area contributed by atoms with Crippen molar-refractivity contribution < 1.29 is 4.52 Å². The van der Waals surface area contributed by atoms with Crippen LogP contribution in [-0.4, -0.2) is 14.9 Å². The highest BCUT2D eigenvalue weighted by molar-refractivity contribution is 5.24. The van der Waals surface area contributed by atoms with Crippen molar-refractivity contribution in [3.63, 3.8) is 0 Å². The van der Waals surface area contributed by atoms with E-state index in [1.807, 2.05) is 13.8 Å². The summed E-state index contributed by atoms with van der Waals surface area (Å²) in [6.45, 7) is 12.0. The van der Waals surface area contributed by atoms with Gasteiger partial charge in [-0.15, -0.1) is 0 Å². The lowest BCUT2D eigenvalue weighted by Gasteiger charge is -2.14. The third-order valence-electron chi connectivity index (χ3n) is 3.69. The monoisotopic (exact) mass is 276 g/mol. The van der Waals surface area contributed by atoms with Crippen molar-refractivity contribution in [1.82, 2.24) is 20.3 Å². The van der Waals surface area contributed by atoms with Crippen LogP contribution in [0.4, 0.5) is 0 Å². The van der Waals surface area contributed by atoms with Crippen LogP contribution in [-0.2, 0) is 19.5 Å². The molecule has 0 aliphatic rings. The minimum Gasteiger partial charge on any atom is -0.361 e. The van der Waals surface area contributed by atoms with Crippen molar-refractivity contribution in [3.8, 4) is 0 Å². The van der Waals surface area contributed by atoms with Gasteiger partial charge in [-0.3, -0.25) is 4.68 Å². The molecule has 2 aromatic heterocycles. The summed E-state index contributed by atoms with van der Waals surface area (Å²) in [6, 6.07) is 2.39. The number of hydrogen-bond donors (Lipinski definition) is 1. The van der Waals surface area contributed by atoms with E-state index in [4.69, 9.17) is 4.52 Å². The van der Waals surface area contributed by atoms with Gasteiger partial charge in [0.2, 0.25) is 0 Å². The van der Waals surface area contributed by atoms with Crippen molar-refractivity contribution in [2.24, 2.45) is 0 Å². The van der Waals surface area contributed by atoms with Crippen molar-refractivity contribution in [1.29, 1.82) is 0 Å². The van der Waals surface area contributed by atoms with E-state index in [0.717, 1.165) is 42.2 Å². The fraction of sp³-hybridized carbons (Fsp3) is 0.600. The molecule has 0 aliphatic carbocycles. The molecule has 0 radical (unpaired) electrons. The SMILES string of the molecule is CCc1cc(CNC(C)c2c(C)noc2C)n(CC)n1. The molecule has 1 unspecified atom stereocenters. The minimum atomic E-state index is 0.214. The van der Waals surface area contributed by atoms with Gasteiger partial charge in [-0.2, -0.15) is 5.10 Å². The maximum Gasteiger partial charge on any atom is 0.138 e. The van der Waals surface area contributed by atoms with Crippen LogP contribution in [0.1, 0.15) is 55.2 Å². The molecule has 0 aliphatic heterocycles. The lowest BCUT2D eigenvalue weighted by atomic mass is 10.1. The maximum absolute atomic E-state index is 5.23. The minimum absolute atomic E-state index is 0.214. The summed E-state index contributed by atoms with van der Waals surface area (Å²) in [5.41, 5.74) is 4.49. The van der Waals surface area contributed by atoms with Crippen LogP contribution in [0.3, 0.4) is 0 Å². The van der Waals surface area contributed by atoms with E-state index < -0.39 is 0 Å². The van der Waals surface area contributed by atoms with Crippen molar-refractivity contribution in [2.75, 3.05) is 0 Å². The molecule has 110 valence electrons. The summed E-state index contributed by atoms with van der Waals surface area (Å²) in [5, 5.41) is 12.1. The quantitative estimate of drug-likeness (QED) is 0.881. The molecule has 2 aromatic rings. The van der Waals surface area contributed by atoms with Gasteiger partial charge in [0.05, 0.1) is 17.1 Å². The first-order chi connectivity index (χ1) is 9.56. The molecule has 1 N–H and O–H groups in total. The van der Waals surface area contributed by atoms with Gasteiger partial charge < -0.3 is 9.84 Å². The molecule has 0 bridgehead atoms. The molecular formula is C15H24N4O. The van der Waals surface area contributed by atoms with Crippen LogP contribution in [0, 0.1) is 13.8 Å². The van der Waals surface area contributed by atoms with Crippen LogP contribution in [0.2, 0.25) is 0 Å². The topological polar surface area (TPSA) is 55.9 Å². The van der Waals surface area contributed by atoms with Gasteiger partial charge in [0, 0.05) is 24.7 Å². The summed E-state index contributed by atoms with van der Waals surface area (Å²) in [4.78, 5) is 0. The Balaban J connectivity index is 2.07. The first kappa shape index (κ1) is 14.8. The van der Waals surface area contributed by atoms with E-state index in [1.165, 1.54) is 5.69 Å². The maximum atomic E-state index is 5.23. The molecular weight excluding hydrogens is 252 g/mol. The predicted molar refractivity (Wildman–Crippen MR) is 78.5 cm³/mol. The molecule has 5 heteroatoms. The van der Waals surface area contributed by atoms with Gasteiger partial charge in [-0.25, -0.2) is 0 Å². The average molecular weight is 276 g/mol. The van der Waals surface area contributed by atoms with Gasteiger partial charge in [-0.1, -0.05) is 12.1 Å². The Morgan fingerprint density at radius 2 is 2.10 bits per heavy atom. The summed E-state index contributed by atoms with van der Waals surface area (Å²) in [7, 11) is 0. The molecule has 0 fully saturated rings. The first-order valence-electron chi connectivity index (χ1n) is 7.28. The predicted octanol–water partition coefficient (Wildman–Crippen LogP) is 2.92. The highest BCUT2D eigenvalue weighted by Gasteiger charge is 2.16. The van der Waals surface area contributed by atoms with Gasteiger partial charge in [0.1, 0.15) is 5.76 Å². The Hall–Kier alpha value is -1.62. The number of aryl methyl sites for hydroxylation is 4. The van der Waals surface area contributed by atoms with Crippen LogP contribution in [0.25, 0.3) is 0 Å². The fourth-order valence-electron chi connectivity index (χ4n) is 2.57. The Morgan fingerprint density at radius 1 is 1.35 bits per heavy atom. The summed E-state index contributed by atoms with van der Waals surface area (Å²) in [5.74, 6) is 0.890. The summed E-state index contributed by atoms with van der Waals surface area (Å²) < 4.78 is 7.29. The van der Waals surface area contributed by atoms with E-state index in [9.17, 15) is 0 Å². The van der Waals surface area contributed by atoms with Crippen LogP contribution < -0.4 is 5.32 Å². The van der Waals surface area contributed by atoms with Crippen LogP contribution >= 0.6 is 0 Å². The second kappa shape index (κ2) is 6.22. The summed E-state index contributed by atoms with van der Waals surface area (Å²) in [6.07, 6.45) is 0.972. The van der Waals surface area contributed by atoms with Crippen LogP contribution in [0.5, 0.6) is 0 Å². The third kappa shape index (κ3) is 2.93. The molecule has 5 nitrogen and oxygen atoms in total. The Bertz CT molecular complexity index is 551. The smallest absolute Gasteiger partial charge is 0.138 e. The highest BCUT2D eigenvalue weighted by atomic mass is 16.5. The molecule has 20 heavy (non-hydrogen) atoms. The van der Waals surface area contributed by atoms with Gasteiger partial charge >= 0.3 is 0 Å². The largest absolute Gasteiger partial charge is 0.361 e. The molecule has 0 amide bonds. The molecule has 2 rings (SSSR count). The lowest BCUT2D eigenvalue weighted by Crippen LogP contribution is -2.21. The molecule has 0 saturated heterocycles. The van der Waals surface area contributed by atoms with Gasteiger partial charge in [0.15, 0.2) is 0 Å². The van der Waals surface area contributed by atoms with Crippen molar-refractivity contribution in [2.45, 2.75) is 60.2 Å². The number of hydrogen-bond acceptors (Lipinski definition) is 4. The number of rotatable bonds is 6. The van der Waals surface area contributed by atoms with E-state index in [2.05, 4.69) is 47.1 Å². The Labute approximate surface area is 120 Å². The Kier molecular flexibility index (Phi) is 4.60. The van der Waals surface area contributed by atoms with E-state index in [-0.39, 0.29) is 6.04 Å². The Morgan fingerprint density at radius 3 is 2.65 bits per heavy atom. The number of nitrogens with one attached hydrogen (secondary N) is 1. The molecule has 0 saturated carbocycles. The number of aromatic nitrogens is 3. The van der Waals surface area contributed by atoms with Gasteiger partial charge in [0.25, 0.3) is 0 Å². The zero-order valence-electron chi connectivity index (χ0n) is 13.0. The number of nitrogens with zero attached hydrogens (tertiary/aromatic N) is 3. The van der Waals surface area contributed by atoms with E-state index in [0.29, 0.717) is 0 Å². The van der Waals surface area contributed by atoms with Crippen molar-refractivity contribution >= 4 is 0 Å². The van der Waals surface area contributed by atoms with E-state index in [1.54, 1.807) is 0 Å². The zero-order chi connectivity index (χ0) is 14.7. The molecule has 0 spiro atoms. The van der Waals surface area contributed by atoms with E-state index >= 15 is 0 Å². The second-order valence-electron chi connectivity index (χ2n) is 5.14. The molecule has 1 atom stereocenters. The first-order valence-corrected chi connectivity index (χ1v) is 7.28. The average Bonchev–Trinajstić information content (AvgIpc) is 2.99. The summed E-state index contributed by atoms with van der Waals surface area (Å²) >= 11 is 0. The van der Waals surface area contributed by atoms with Crippen LogP contribution in [0.15, 0.2) is 10.6 Å². The lowest BCUT2D eigenvalue weighted by molar-refractivity contribution is 0.390. The highest BCUT2D eigenvalue weighted by Crippen LogP contribution is 2.21. The standard InChI is InChI=1S/C15H24N4O/c1-6-13-8-14(19(7-2)17-13)9-16-10(3)15-11(4)18-20-12(15)5/h8,10,16H,6-7,9H2,1-5H3. The molecule has 0 aromatic carbocycles. The van der Waals surface area contributed by atoms with Crippen molar-refractivity contribution in [3.05, 3.63) is 34.5 Å². The fourth-order valence-corrected chi connectivity index (χ4v) is 2.57. The normalized spacial score (nSPS) is 12.8. The third-order valence-corrected chi connectivity index (χ3v) is 3.69. The molecule has 2 heterocycles.